The fourth-order valence-corrected chi connectivity index (χ4v) is 4.07. The van der Waals surface area contributed by atoms with Crippen molar-refractivity contribution >= 4 is 27.2 Å². The number of carbonyl (C=O) groups excluding carboxylic acids is 1. The highest BCUT2D eigenvalue weighted by atomic mass is 32.2. The van der Waals surface area contributed by atoms with Crippen molar-refractivity contribution in [2.24, 2.45) is 0 Å². The van der Waals surface area contributed by atoms with Crippen LogP contribution in [0.1, 0.15) is 30.1 Å². The number of rotatable bonds is 4. The average Bonchev–Trinajstić information content (AvgIpc) is 2.40. The Balaban J connectivity index is 2.17. The Morgan fingerprint density at radius 1 is 1.48 bits per heavy atom. The molecule has 0 bridgehead atoms. The van der Waals surface area contributed by atoms with Gasteiger partial charge >= 0.3 is 5.97 Å². The fraction of sp³-hybridized carbons (Fsp3) is 0.500. The van der Waals surface area contributed by atoms with Crippen LogP contribution in [0.2, 0.25) is 0 Å². The molecule has 7 heteroatoms. The quantitative estimate of drug-likeness (QED) is 0.645. The third kappa shape index (κ3) is 3.87. The van der Waals surface area contributed by atoms with Crippen LogP contribution < -0.4 is 11.1 Å². The van der Waals surface area contributed by atoms with Gasteiger partial charge in [-0.3, -0.25) is 0 Å². The number of hydrogen-bond donors (Lipinski definition) is 2. The molecule has 6 nitrogen and oxygen atoms in total. The lowest BCUT2D eigenvalue weighted by Crippen LogP contribution is -2.35. The summed E-state index contributed by atoms with van der Waals surface area (Å²) in [5.74, 6) is -0.144. The second-order valence-electron chi connectivity index (χ2n) is 5.09. The summed E-state index contributed by atoms with van der Waals surface area (Å²) in [6.45, 7) is 2.00. The van der Waals surface area contributed by atoms with Gasteiger partial charge in [-0.15, -0.1) is 0 Å². The van der Waals surface area contributed by atoms with Crippen LogP contribution in [0.3, 0.4) is 0 Å². The van der Waals surface area contributed by atoms with Crippen LogP contribution in [0.25, 0.3) is 0 Å². The monoisotopic (exact) mass is 312 g/mol. The predicted octanol–water partition coefficient (Wildman–Crippen LogP) is 1.43. The summed E-state index contributed by atoms with van der Waals surface area (Å²) in [7, 11) is -2.99. The van der Waals surface area contributed by atoms with E-state index in [-0.39, 0.29) is 24.2 Å². The van der Waals surface area contributed by atoms with Crippen LogP contribution in [0.15, 0.2) is 18.2 Å². The smallest absolute Gasteiger partial charge is 0.340 e. The number of nitrogens with one attached hydrogen (secondary N) is 1. The van der Waals surface area contributed by atoms with Crippen molar-refractivity contribution in [3.05, 3.63) is 23.8 Å². The van der Waals surface area contributed by atoms with Crippen molar-refractivity contribution < 1.29 is 17.9 Å². The number of para-hydroxylation sites is 1. The first-order valence-electron chi connectivity index (χ1n) is 6.95. The van der Waals surface area contributed by atoms with E-state index < -0.39 is 15.8 Å². The summed E-state index contributed by atoms with van der Waals surface area (Å²) >= 11 is 0. The van der Waals surface area contributed by atoms with E-state index in [2.05, 4.69) is 5.32 Å². The Kier molecular flexibility index (Phi) is 4.72. The minimum atomic E-state index is -2.99. The summed E-state index contributed by atoms with van der Waals surface area (Å²) < 4.78 is 28.2. The van der Waals surface area contributed by atoms with Gasteiger partial charge in [0.1, 0.15) is 0 Å². The Morgan fingerprint density at radius 3 is 2.90 bits per heavy atom. The van der Waals surface area contributed by atoms with E-state index in [1.54, 1.807) is 25.1 Å². The molecule has 1 atom stereocenters. The standard InChI is InChI=1S/C14H20N2O4S/c1-2-20-14(17)11-6-3-7-12(13(11)15)16-10-5-4-8-21(18,19)9-10/h3,6-7,10,16H,2,4-5,8-9,15H2,1H3. The van der Waals surface area contributed by atoms with Gasteiger partial charge in [-0.25, -0.2) is 13.2 Å². The van der Waals surface area contributed by atoms with E-state index in [1.807, 2.05) is 0 Å². The molecular weight excluding hydrogens is 292 g/mol. The largest absolute Gasteiger partial charge is 0.462 e. The zero-order valence-corrected chi connectivity index (χ0v) is 12.8. The lowest BCUT2D eigenvalue weighted by Gasteiger charge is -2.25. The Bertz CT molecular complexity index is 628. The molecule has 1 heterocycles. The van der Waals surface area contributed by atoms with Gasteiger partial charge in [0.2, 0.25) is 0 Å². The number of nitrogen functional groups attached to an aromatic ring is 1. The molecule has 3 N–H and O–H groups in total. The molecular formula is C14H20N2O4S. The van der Waals surface area contributed by atoms with Gasteiger partial charge in [-0.05, 0) is 31.9 Å². The Labute approximate surface area is 124 Å². The van der Waals surface area contributed by atoms with Crippen LogP contribution >= 0.6 is 0 Å². The molecule has 1 aromatic rings. The summed E-state index contributed by atoms with van der Waals surface area (Å²) in [5.41, 5.74) is 7.14. The number of anilines is 2. The molecule has 0 aromatic heterocycles. The topological polar surface area (TPSA) is 98.5 Å². The zero-order valence-electron chi connectivity index (χ0n) is 12.0. The molecule has 1 saturated heterocycles. The van der Waals surface area contributed by atoms with Gasteiger partial charge in [-0.1, -0.05) is 6.07 Å². The van der Waals surface area contributed by atoms with Crippen molar-refractivity contribution in [1.82, 2.24) is 0 Å². The second-order valence-corrected chi connectivity index (χ2v) is 7.31. The molecule has 1 aliphatic heterocycles. The molecule has 116 valence electrons. The van der Waals surface area contributed by atoms with Gasteiger partial charge in [-0.2, -0.15) is 0 Å². The molecule has 0 saturated carbocycles. The van der Waals surface area contributed by atoms with Gasteiger partial charge < -0.3 is 15.8 Å². The van der Waals surface area contributed by atoms with Crippen LogP contribution in [0.4, 0.5) is 11.4 Å². The maximum absolute atomic E-state index is 11.8. The van der Waals surface area contributed by atoms with Crippen molar-refractivity contribution in [2.75, 3.05) is 29.2 Å². The summed E-state index contributed by atoms with van der Waals surface area (Å²) in [5, 5.41) is 3.13. The third-order valence-corrected chi connectivity index (χ3v) is 5.25. The minimum absolute atomic E-state index is 0.0933. The fourth-order valence-electron chi connectivity index (χ4n) is 2.43. The highest BCUT2D eigenvalue weighted by Gasteiger charge is 2.25. The summed E-state index contributed by atoms with van der Waals surface area (Å²) in [6.07, 6.45) is 1.40. The van der Waals surface area contributed by atoms with Crippen molar-refractivity contribution in [1.29, 1.82) is 0 Å². The molecule has 1 fully saturated rings. The lowest BCUT2D eigenvalue weighted by molar-refractivity contribution is 0.0527. The number of benzene rings is 1. The normalized spacial score (nSPS) is 20.7. The van der Waals surface area contributed by atoms with Crippen molar-refractivity contribution in [3.63, 3.8) is 0 Å². The van der Waals surface area contributed by atoms with E-state index in [4.69, 9.17) is 10.5 Å². The summed E-state index contributed by atoms with van der Waals surface area (Å²) in [6, 6.07) is 4.85. The van der Waals surface area contributed by atoms with E-state index >= 15 is 0 Å². The molecule has 0 radical (unpaired) electrons. The SMILES string of the molecule is CCOC(=O)c1cccc(NC2CCCS(=O)(=O)C2)c1N. The van der Waals surface area contributed by atoms with Gasteiger partial charge in [0.05, 0.1) is 35.1 Å². The molecule has 1 unspecified atom stereocenters. The first kappa shape index (κ1) is 15.6. The van der Waals surface area contributed by atoms with Crippen molar-refractivity contribution in [2.45, 2.75) is 25.8 Å². The number of sulfone groups is 1. The van der Waals surface area contributed by atoms with Gasteiger partial charge in [0, 0.05) is 6.04 Å². The number of nitrogens with two attached hydrogens (primary N) is 1. The van der Waals surface area contributed by atoms with Crippen LogP contribution in [0.5, 0.6) is 0 Å². The maximum atomic E-state index is 11.8. The van der Waals surface area contributed by atoms with E-state index in [9.17, 15) is 13.2 Å². The zero-order chi connectivity index (χ0) is 15.5. The average molecular weight is 312 g/mol. The van der Waals surface area contributed by atoms with Crippen LogP contribution in [-0.4, -0.2) is 38.5 Å². The molecule has 1 aromatic carbocycles. The first-order chi connectivity index (χ1) is 9.93. The first-order valence-corrected chi connectivity index (χ1v) is 8.77. The molecule has 0 spiro atoms. The highest BCUT2D eigenvalue weighted by Crippen LogP contribution is 2.26. The van der Waals surface area contributed by atoms with E-state index in [0.717, 1.165) is 6.42 Å². The Hall–Kier alpha value is -1.76. The van der Waals surface area contributed by atoms with E-state index in [0.29, 0.717) is 23.4 Å². The third-order valence-electron chi connectivity index (χ3n) is 3.42. The summed E-state index contributed by atoms with van der Waals surface area (Å²) in [4.78, 5) is 11.8. The number of esters is 1. The molecule has 21 heavy (non-hydrogen) atoms. The lowest BCUT2D eigenvalue weighted by atomic mass is 10.1. The van der Waals surface area contributed by atoms with Gasteiger partial charge in [0.15, 0.2) is 9.84 Å². The van der Waals surface area contributed by atoms with Crippen LogP contribution in [0, 0.1) is 0 Å². The maximum Gasteiger partial charge on any atom is 0.340 e. The number of hydrogen-bond acceptors (Lipinski definition) is 6. The van der Waals surface area contributed by atoms with Gasteiger partial charge in [0.25, 0.3) is 0 Å². The molecule has 1 aliphatic rings. The minimum Gasteiger partial charge on any atom is -0.462 e. The van der Waals surface area contributed by atoms with E-state index in [1.165, 1.54) is 0 Å². The number of ether oxygens (including phenoxy) is 1. The molecule has 0 aliphatic carbocycles. The molecule has 0 amide bonds. The highest BCUT2D eigenvalue weighted by molar-refractivity contribution is 7.91. The number of carbonyl (C=O) groups is 1. The second kappa shape index (κ2) is 6.34. The van der Waals surface area contributed by atoms with Crippen molar-refractivity contribution in [3.8, 4) is 0 Å². The Morgan fingerprint density at radius 2 is 2.24 bits per heavy atom. The predicted molar refractivity (Wildman–Crippen MR) is 82.1 cm³/mol. The molecule has 2 rings (SSSR count). The van der Waals surface area contributed by atoms with Crippen LogP contribution in [-0.2, 0) is 14.6 Å².